The summed E-state index contributed by atoms with van der Waals surface area (Å²) in [7, 11) is 0. The molecule has 0 heterocycles. The largest absolute Gasteiger partial charge is 0.272 e. The molecule has 2 aliphatic carbocycles. The lowest BCUT2D eigenvalue weighted by atomic mass is 10.0. The monoisotopic (exact) mass is 398 g/mol. The molecule has 0 aromatic carbocycles. The van der Waals surface area contributed by atoms with Gasteiger partial charge < -0.3 is 0 Å². The molecule has 0 radical (unpaired) electrons. The second-order valence-electron chi connectivity index (χ2n) is 6.46. The fraction of sp³-hybridized carbons (Fsp3) is 0.556. The summed E-state index contributed by atoms with van der Waals surface area (Å²) in [6, 6.07) is 0. The van der Waals surface area contributed by atoms with Crippen LogP contribution < -0.4 is 10.9 Å². The molecule has 2 rings (SSSR count). The predicted molar refractivity (Wildman–Crippen MR) is 105 cm³/mol. The van der Waals surface area contributed by atoms with E-state index < -0.39 is 17.7 Å². The first-order valence-electron chi connectivity index (χ1n) is 8.90. The van der Waals surface area contributed by atoms with Crippen molar-refractivity contribution in [2.45, 2.75) is 58.3 Å². The molecule has 8 heteroatoms. The van der Waals surface area contributed by atoms with Crippen molar-refractivity contribution in [3.63, 3.8) is 0 Å². The number of rotatable bonds is 6. The van der Waals surface area contributed by atoms with Crippen molar-refractivity contribution in [1.82, 2.24) is 10.9 Å². The van der Waals surface area contributed by atoms with Crippen molar-refractivity contribution in [3.05, 3.63) is 21.2 Å². The van der Waals surface area contributed by atoms with Crippen LogP contribution in [0.1, 0.15) is 58.3 Å². The highest BCUT2D eigenvalue weighted by molar-refractivity contribution is 6.31. The van der Waals surface area contributed by atoms with E-state index in [9.17, 15) is 9.59 Å². The van der Waals surface area contributed by atoms with Crippen LogP contribution in [0.4, 0.5) is 0 Å². The van der Waals surface area contributed by atoms with Crippen molar-refractivity contribution in [2.24, 2.45) is 16.1 Å². The Kier molecular flexibility index (Phi) is 8.32. The second kappa shape index (κ2) is 10.5. The van der Waals surface area contributed by atoms with Crippen LogP contribution >= 0.6 is 23.2 Å². The van der Waals surface area contributed by atoms with Crippen molar-refractivity contribution in [3.8, 4) is 0 Å². The molecule has 0 spiro atoms. The molecular formula is C18H24Cl2N4O2. The SMILES string of the molecule is CC(C(=O)N/N=C/C1=C(Cl)CCCC1)C(=O)N/N=C/C1=C(Cl)CCCC1. The minimum Gasteiger partial charge on any atom is -0.272 e. The number of hydrazone groups is 2. The van der Waals surface area contributed by atoms with Gasteiger partial charge in [-0.2, -0.15) is 10.2 Å². The number of hydrogen-bond donors (Lipinski definition) is 2. The smallest absolute Gasteiger partial charge is 0.252 e. The maximum absolute atomic E-state index is 12.0. The van der Waals surface area contributed by atoms with Gasteiger partial charge in [0, 0.05) is 10.1 Å². The third-order valence-electron chi connectivity index (χ3n) is 4.46. The fourth-order valence-electron chi connectivity index (χ4n) is 2.71. The number of allylic oxidation sites excluding steroid dienone is 4. The summed E-state index contributed by atoms with van der Waals surface area (Å²) in [6.45, 7) is 1.50. The summed E-state index contributed by atoms with van der Waals surface area (Å²) in [4.78, 5) is 24.0. The van der Waals surface area contributed by atoms with Gasteiger partial charge in [-0.25, -0.2) is 10.9 Å². The quantitative estimate of drug-likeness (QED) is 0.403. The normalized spacial score (nSPS) is 18.9. The van der Waals surface area contributed by atoms with E-state index in [2.05, 4.69) is 21.1 Å². The number of hydrogen-bond acceptors (Lipinski definition) is 4. The Hall–Kier alpha value is -1.66. The summed E-state index contributed by atoms with van der Waals surface area (Å²) >= 11 is 12.3. The maximum atomic E-state index is 12.0. The number of halogens is 2. The first-order chi connectivity index (χ1) is 12.5. The van der Waals surface area contributed by atoms with Crippen LogP contribution in [0.5, 0.6) is 0 Å². The van der Waals surface area contributed by atoms with Crippen LogP contribution in [0.25, 0.3) is 0 Å². The molecule has 26 heavy (non-hydrogen) atoms. The molecule has 0 aliphatic heterocycles. The number of amides is 2. The van der Waals surface area contributed by atoms with E-state index in [1.165, 1.54) is 6.92 Å². The topological polar surface area (TPSA) is 82.9 Å². The molecule has 0 aromatic rings. The van der Waals surface area contributed by atoms with Crippen molar-refractivity contribution in [1.29, 1.82) is 0 Å². The zero-order valence-corrected chi connectivity index (χ0v) is 16.4. The summed E-state index contributed by atoms with van der Waals surface area (Å²) in [6.07, 6.45) is 10.8. The van der Waals surface area contributed by atoms with Gasteiger partial charge in [0.05, 0.1) is 12.4 Å². The Morgan fingerprint density at radius 1 is 0.846 bits per heavy atom. The van der Waals surface area contributed by atoms with E-state index in [1.807, 2.05) is 0 Å². The lowest BCUT2D eigenvalue weighted by molar-refractivity contribution is -0.134. The molecule has 142 valence electrons. The van der Waals surface area contributed by atoms with Crippen LogP contribution in [-0.2, 0) is 9.59 Å². The van der Waals surface area contributed by atoms with Gasteiger partial charge in [0.1, 0.15) is 5.92 Å². The Morgan fingerprint density at radius 3 is 1.62 bits per heavy atom. The molecule has 0 unspecified atom stereocenters. The summed E-state index contributed by atoms with van der Waals surface area (Å²) < 4.78 is 0. The molecule has 0 saturated carbocycles. The van der Waals surface area contributed by atoms with Gasteiger partial charge in [-0.1, -0.05) is 23.2 Å². The zero-order chi connectivity index (χ0) is 18.9. The summed E-state index contributed by atoms with van der Waals surface area (Å²) in [5.41, 5.74) is 6.60. The molecule has 0 saturated heterocycles. The number of nitrogens with one attached hydrogen (secondary N) is 2. The van der Waals surface area contributed by atoms with Crippen LogP contribution in [0, 0.1) is 5.92 Å². The Balaban J connectivity index is 1.80. The van der Waals surface area contributed by atoms with Gasteiger partial charge in [-0.05, 0) is 69.4 Å². The highest BCUT2D eigenvalue weighted by Gasteiger charge is 2.21. The minimum atomic E-state index is -0.920. The average Bonchev–Trinajstić information content (AvgIpc) is 2.64. The fourth-order valence-corrected chi connectivity index (χ4v) is 3.27. The van der Waals surface area contributed by atoms with Gasteiger partial charge in [0.15, 0.2) is 0 Å². The van der Waals surface area contributed by atoms with E-state index in [0.717, 1.165) is 72.6 Å². The summed E-state index contributed by atoms with van der Waals surface area (Å²) in [5, 5.41) is 9.37. The van der Waals surface area contributed by atoms with Gasteiger partial charge in [-0.15, -0.1) is 0 Å². The zero-order valence-electron chi connectivity index (χ0n) is 14.9. The number of nitrogens with zero attached hydrogens (tertiary/aromatic N) is 2. The molecule has 2 N–H and O–H groups in total. The van der Waals surface area contributed by atoms with E-state index in [-0.39, 0.29) is 0 Å². The number of carbonyl (C=O) groups excluding carboxylic acids is 2. The van der Waals surface area contributed by atoms with Crippen LogP contribution in [-0.4, -0.2) is 24.2 Å². The van der Waals surface area contributed by atoms with Crippen LogP contribution in [0.2, 0.25) is 0 Å². The third-order valence-corrected chi connectivity index (χ3v) is 5.32. The van der Waals surface area contributed by atoms with E-state index in [1.54, 1.807) is 12.4 Å². The van der Waals surface area contributed by atoms with E-state index in [4.69, 9.17) is 23.2 Å². The van der Waals surface area contributed by atoms with Gasteiger partial charge in [0.25, 0.3) is 11.8 Å². The molecule has 2 amide bonds. The van der Waals surface area contributed by atoms with Crippen LogP contribution in [0.15, 0.2) is 31.4 Å². The molecule has 0 fully saturated rings. The molecule has 6 nitrogen and oxygen atoms in total. The Labute approximate surface area is 163 Å². The predicted octanol–water partition coefficient (Wildman–Crippen LogP) is 3.96. The first kappa shape index (κ1) is 20.6. The molecule has 0 atom stereocenters. The van der Waals surface area contributed by atoms with Crippen LogP contribution in [0.3, 0.4) is 0 Å². The van der Waals surface area contributed by atoms with E-state index >= 15 is 0 Å². The highest BCUT2D eigenvalue weighted by Crippen LogP contribution is 2.26. The van der Waals surface area contributed by atoms with Gasteiger partial charge >= 0.3 is 0 Å². The standard InChI is InChI=1S/C18H24Cl2N4O2/c1-12(17(25)23-21-10-13-6-2-4-8-15(13)19)18(26)24-22-11-14-7-3-5-9-16(14)20/h10-12H,2-9H2,1H3,(H,23,25)(H,24,26)/b21-10+,22-11+. The highest BCUT2D eigenvalue weighted by atomic mass is 35.5. The first-order valence-corrected chi connectivity index (χ1v) is 9.65. The second-order valence-corrected chi connectivity index (χ2v) is 7.38. The van der Waals surface area contributed by atoms with Gasteiger partial charge in [-0.3, -0.25) is 9.59 Å². The summed E-state index contributed by atoms with van der Waals surface area (Å²) in [5.74, 6) is -1.93. The van der Waals surface area contributed by atoms with Gasteiger partial charge in [0.2, 0.25) is 0 Å². The van der Waals surface area contributed by atoms with Crippen molar-refractivity contribution in [2.75, 3.05) is 0 Å². The average molecular weight is 399 g/mol. The van der Waals surface area contributed by atoms with Crippen molar-refractivity contribution >= 4 is 47.4 Å². The molecule has 0 bridgehead atoms. The minimum absolute atomic E-state index is 0.503. The van der Waals surface area contributed by atoms with Crippen molar-refractivity contribution < 1.29 is 9.59 Å². The third kappa shape index (κ3) is 6.25. The Morgan fingerprint density at radius 2 is 1.23 bits per heavy atom. The molecule has 0 aromatic heterocycles. The number of carbonyl (C=O) groups is 2. The molecular weight excluding hydrogens is 375 g/mol. The lowest BCUT2D eigenvalue weighted by Crippen LogP contribution is -2.36. The Bertz CT molecular complexity index is 612. The molecule has 2 aliphatic rings. The lowest BCUT2D eigenvalue weighted by Gasteiger charge is -2.13. The van der Waals surface area contributed by atoms with E-state index in [0.29, 0.717) is 0 Å². The maximum Gasteiger partial charge on any atom is 0.252 e.